The molecule has 0 fully saturated rings. The van der Waals surface area contributed by atoms with E-state index >= 15 is 0 Å². The lowest BCUT2D eigenvalue weighted by Crippen LogP contribution is -2.30. The minimum absolute atomic E-state index is 0.115. The first-order chi connectivity index (χ1) is 8.11. The number of carbonyl (C=O) groups excluding carboxylic acids is 1. The van der Waals surface area contributed by atoms with Gasteiger partial charge in [0.2, 0.25) is 5.91 Å². The van der Waals surface area contributed by atoms with Gasteiger partial charge in [-0.3, -0.25) is 4.79 Å². The number of rotatable bonds is 7. The summed E-state index contributed by atoms with van der Waals surface area (Å²) in [7, 11) is 0. The first-order valence-electron chi connectivity index (χ1n) is 6.19. The summed E-state index contributed by atoms with van der Waals surface area (Å²) in [5.74, 6) is 0.115. The molecule has 0 aliphatic carbocycles. The zero-order valence-electron chi connectivity index (χ0n) is 10.9. The van der Waals surface area contributed by atoms with Crippen molar-refractivity contribution in [3.05, 3.63) is 21.9 Å². The van der Waals surface area contributed by atoms with Crippen LogP contribution in [0.25, 0.3) is 0 Å². The molecule has 0 spiro atoms. The van der Waals surface area contributed by atoms with Crippen molar-refractivity contribution >= 4 is 17.2 Å². The van der Waals surface area contributed by atoms with Crippen LogP contribution in [0.4, 0.5) is 0 Å². The summed E-state index contributed by atoms with van der Waals surface area (Å²) in [5.41, 5.74) is 0. The fraction of sp³-hybridized carbons (Fsp3) is 0.615. The number of thiophene rings is 1. The van der Waals surface area contributed by atoms with Crippen LogP contribution in [-0.2, 0) is 17.8 Å². The Kier molecular flexibility index (Phi) is 6.22. The maximum absolute atomic E-state index is 11.5. The van der Waals surface area contributed by atoms with Crippen molar-refractivity contribution < 1.29 is 4.79 Å². The molecule has 0 atom stereocenters. The average molecular weight is 254 g/mol. The Morgan fingerprint density at radius 2 is 2.06 bits per heavy atom. The smallest absolute Gasteiger partial charge is 0.221 e. The SMILES string of the molecule is CCc1ccc(CNC(=O)CCNC(C)C)s1. The lowest BCUT2D eigenvalue weighted by molar-refractivity contribution is -0.121. The second-order valence-corrected chi connectivity index (χ2v) is 5.61. The molecular formula is C13H22N2OS. The third-order valence-corrected chi connectivity index (χ3v) is 3.66. The standard InChI is InChI=1S/C13H22N2OS/c1-4-11-5-6-12(17-11)9-15-13(16)7-8-14-10(2)3/h5-6,10,14H,4,7-9H2,1-3H3,(H,15,16). The van der Waals surface area contributed by atoms with E-state index in [0.29, 0.717) is 19.0 Å². The van der Waals surface area contributed by atoms with Crippen LogP contribution in [0.5, 0.6) is 0 Å². The fourth-order valence-corrected chi connectivity index (χ4v) is 2.35. The summed E-state index contributed by atoms with van der Waals surface area (Å²) < 4.78 is 0. The van der Waals surface area contributed by atoms with Crippen LogP contribution in [-0.4, -0.2) is 18.5 Å². The molecule has 0 radical (unpaired) electrons. The van der Waals surface area contributed by atoms with Gasteiger partial charge in [0.25, 0.3) is 0 Å². The molecule has 0 bridgehead atoms. The normalized spacial score (nSPS) is 10.8. The average Bonchev–Trinajstić information content (AvgIpc) is 2.73. The van der Waals surface area contributed by atoms with Gasteiger partial charge in [-0.05, 0) is 18.6 Å². The molecule has 4 heteroatoms. The highest BCUT2D eigenvalue weighted by Crippen LogP contribution is 2.16. The lowest BCUT2D eigenvalue weighted by atomic mass is 10.3. The van der Waals surface area contributed by atoms with E-state index < -0.39 is 0 Å². The molecule has 0 saturated carbocycles. The Morgan fingerprint density at radius 3 is 2.65 bits per heavy atom. The van der Waals surface area contributed by atoms with Gasteiger partial charge in [0.15, 0.2) is 0 Å². The third-order valence-electron chi connectivity index (χ3n) is 2.43. The van der Waals surface area contributed by atoms with Crippen LogP contribution in [0, 0.1) is 0 Å². The highest BCUT2D eigenvalue weighted by atomic mass is 32.1. The monoisotopic (exact) mass is 254 g/mol. The first kappa shape index (κ1) is 14.2. The number of hydrogen-bond donors (Lipinski definition) is 2. The Hall–Kier alpha value is -0.870. The molecule has 1 heterocycles. The molecule has 0 unspecified atom stereocenters. The number of carbonyl (C=O) groups is 1. The molecule has 0 aromatic carbocycles. The van der Waals surface area contributed by atoms with E-state index in [1.165, 1.54) is 9.75 Å². The van der Waals surface area contributed by atoms with Crippen LogP contribution < -0.4 is 10.6 Å². The van der Waals surface area contributed by atoms with Crippen LogP contribution in [0.1, 0.15) is 36.9 Å². The largest absolute Gasteiger partial charge is 0.351 e. The molecule has 3 nitrogen and oxygen atoms in total. The molecule has 0 saturated heterocycles. The van der Waals surface area contributed by atoms with Crippen molar-refractivity contribution in [3.8, 4) is 0 Å². The maximum Gasteiger partial charge on any atom is 0.221 e. The summed E-state index contributed by atoms with van der Waals surface area (Å²) in [5, 5.41) is 6.17. The fourth-order valence-electron chi connectivity index (χ4n) is 1.46. The highest BCUT2D eigenvalue weighted by molar-refractivity contribution is 7.11. The van der Waals surface area contributed by atoms with Gasteiger partial charge in [-0.25, -0.2) is 0 Å². The van der Waals surface area contributed by atoms with Gasteiger partial charge >= 0.3 is 0 Å². The molecule has 0 aliphatic rings. The van der Waals surface area contributed by atoms with Gasteiger partial charge in [-0.2, -0.15) is 0 Å². The number of amides is 1. The van der Waals surface area contributed by atoms with Gasteiger partial charge in [-0.15, -0.1) is 11.3 Å². The Labute approximate surface area is 108 Å². The molecule has 17 heavy (non-hydrogen) atoms. The van der Waals surface area contributed by atoms with E-state index in [9.17, 15) is 4.79 Å². The molecule has 2 N–H and O–H groups in total. The van der Waals surface area contributed by atoms with Crippen molar-refractivity contribution in [3.63, 3.8) is 0 Å². The van der Waals surface area contributed by atoms with Crippen molar-refractivity contribution in [2.45, 2.75) is 46.2 Å². The number of nitrogens with one attached hydrogen (secondary N) is 2. The summed E-state index contributed by atoms with van der Waals surface area (Å²) >= 11 is 1.77. The van der Waals surface area contributed by atoms with Gasteiger partial charge in [0.1, 0.15) is 0 Å². The summed E-state index contributed by atoms with van der Waals surface area (Å²) in [6, 6.07) is 4.66. The number of aryl methyl sites for hydroxylation is 1. The quantitative estimate of drug-likeness (QED) is 0.784. The predicted molar refractivity (Wildman–Crippen MR) is 73.3 cm³/mol. The maximum atomic E-state index is 11.5. The van der Waals surface area contributed by atoms with E-state index in [2.05, 4.69) is 43.5 Å². The number of hydrogen-bond acceptors (Lipinski definition) is 3. The van der Waals surface area contributed by atoms with Crippen molar-refractivity contribution in [2.75, 3.05) is 6.54 Å². The van der Waals surface area contributed by atoms with Crippen molar-refractivity contribution in [1.82, 2.24) is 10.6 Å². The second kappa shape index (κ2) is 7.45. The second-order valence-electron chi connectivity index (χ2n) is 4.36. The van der Waals surface area contributed by atoms with Gasteiger partial charge in [0, 0.05) is 28.8 Å². The molecule has 1 rings (SSSR count). The minimum Gasteiger partial charge on any atom is -0.351 e. The summed E-state index contributed by atoms with van der Waals surface area (Å²) in [6.07, 6.45) is 1.61. The molecule has 0 aliphatic heterocycles. The molecule has 1 aromatic rings. The molecular weight excluding hydrogens is 232 g/mol. The van der Waals surface area contributed by atoms with Crippen LogP contribution >= 0.6 is 11.3 Å². The van der Waals surface area contributed by atoms with E-state index in [1.54, 1.807) is 11.3 Å². The lowest BCUT2D eigenvalue weighted by Gasteiger charge is -2.07. The highest BCUT2D eigenvalue weighted by Gasteiger charge is 2.03. The first-order valence-corrected chi connectivity index (χ1v) is 7.01. The Balaban J connectivity index is 2.19. The van der Waals surface area contributed by atoms with E-state index in [4.69, 9.17) is 0 Å². The van der Waals surface area contributed by atoms with Crippen molar-refractivity contribution in [1.29, 1.82) is 0 Å². The van der Waals surface area contributed by atoms with Crippen LogP contribution in [0.2, 0.25) is 0 Å². The zero-order valence-corrected chi connectivity index (χ0v) is 11.7. The van der Waals surface area contributed by atoms with Gasteiger partial charge in [0.05, 0.1) is 6.54 Å². The topological polar surface area (TPSA) is 41.1 Å². The minimum atomic E-state index is 0.115. The van der Waals surface area contributed by atoms with E-state index in [1.807, 2.05) is 0 Å². The molecule has 96 valence electrons. The summed E-state index contributed by atoms with van der Waals surface area (Å²) in [6.45, 7) is 7.71. The van der Waals surface area contributed by atoms with E-state index in [0.717, 1.165) is 13.0 Å². The summed E-state index contributed by atoms with van der Waals surface area (Å²) in [4.78, 5) is 14.1. The van der Waals surface area contributed by atoms with Crippen LogP contribution in [0.15, 0.2) is 12.1 Å². The van der Waals surface area contributed by atoms with Crippen LogP contribution in [0.3, 0.4) is 0 Å². The van der Waals surface area contributed by atoms with Gasteiger partial charge < -0.3 is 10.6 Å². The Morgan fingerprint density at radius 1 is 1.35 bits per heavy atom. The van der Waals surface area contributed by atoms with Crippen molar-refractivity contribution in [2.24, 2.45) is 0 Å². The Bertz CT molecular complexity index is 347. The third kappa shape index (κ3) is 5.84. The molecule has 1 amide bonds. The van der Waals surface area contributed by atoms with E-state index in [-0.39, 0.29) is 5.91 Å². The van der Waals surface area contributed by atoms with Gasteiger partial charge in [-0.1, -0.05) is 20.8 Å². The molecule has 1 aromatic heterocycles. The predicted octanol–water partition coefficient (Wildman–Crippen LogP) is 2.31. The zero-order chi connectivity index (χ0) is 12.7.